The van der Waals surface area contributed by atoms with Crippen LogP contribution in [0.1, 0.15) is 34.9 Å². The van der Waals surface area contributed by atoms with E-state index in [1.807, 2.05) is 49.0 Å². The Bertz CT molecular complexity index is 1340. The van der Waals surface area contributed by atoms with E-state index in [2.05, 4.69) is 20.4 Å². The van der Waals surface area contributed by atoms with Gasteiger partial charge >= 0.3 is 0 Å². The minimum Gasteiger partial charge on any atom is -0.306 e. The van der Waals surface area contributed by atoms with Crippen molar-refractivity contribution in [2.45, 2.75) is 25.8 Å². The maximum absolute atomic E-state index is 13.3. The van der Waals surface area contributed by atoms with Crippen molar-refractivity contribution in [2.75, 3.05) is 16.8 Å². The predicted molar refractivity (Wildman–Crippen MR) is 125 cm³/mol. The van der Waals surface area contributed by atoms with E-state index in [-0.39, 0.29) is 11.9 Å². The van der Waals surface area contributed by atoms with E-state index in [0.29, 0.717) is 23.0 Å². The van der Waals surface area contributed by atoms with Crippen molar-refractivity contribution in [1.29, 1.82) is 0 Å². The van der Waals surface area contributed by atoms with Gasteiger partial charge in [-0.25, -0.2) is 4.98 Å². The average Bonchev–Trinajstić information content (AvgIpc) is 3.36. The number of pyridine rings is 1. The molecule has 1 saturated heterocycles. The SMILES string of the molecule is Cc1cc(C(=O)Nc2nc3ccccc3n2C2CCCS(=O)C2)cc(-c2cnn(C)c2)n1. The number of aromatic nitrogens is 5. The van der Waals surface area contributed by atoms with Gasteiger partial charge in [0.2, 0.25) is 5.95 Å². The summed E-state index contributed by atoms with van der Waals surface area (Å²) in [5, 5.41) is 7.20. The molecule has 5 rings (SSSR count). The molecule has 1 fully saturated rings. The molecule has 3 aromatic heterocycles. The number of amides is 1. The number of nitrogens with zero attached hydrogens (tertiary/aromatic N) is 5. The number of imidazole rings is 1. The fourth-order valence-electron chi connectivity index (χ4n) is 4.24. The number of carbonyl (C=O) groups excluding carboxylic acids is 1. The minimum absolute atomic E-state index is 0.0393. The van der Waals surface area contributed by atoms with E-state index in [1.54, 1.807) is 23.0 Å². The van der Waals surface area contributed by atoms with E-state index >= 15 is 0 Å². The number of aryl methyl sites for hydroxylation is 2. The first-order valence-electron chi connectivity index (χ1n) is 10.6. The highest BCUT2D eigenvalue weighted by molar-refractivity contribution is 7.85. The second-order valence-corrected chi connectivity index (χ2v) is 9.76. The van der Waals surface area contributed by atoms with Crippen LogP contribution in [0.5, 0.6) is 0 Å². The zero-order chi connectivity index (χ0) is 22.2. The summed E-state index contributed by atoms with van der Waals surface area (Å²) in [5.74, 6) is 1.53. The van der Waals surface area contributed by atoms with Crippen molar-refractivity contribution < 1.29 is 9.00 Å². The van der Waals surface area contributed by atoms with Crippen LogP contribution in [-0.2, 0) is 17.8 Å². The van der Waals surface area contributed by atoms with Gasteiger partial charge in [0.1, 0.15) is 0 Å². The van der Waals surface area contributed by atoms with E-state index in [0.717, 1.165) is 40.9 Å². The monoisotopic (exact) mass is 448 g/mol. The van der Waals surface area contributed by atoms with Gasteiger partial charge in [-0.05, 0) is 44.0 Å². The third-order valence-electron chi connectivity index (χ3n) is 5.69. The molecule has 1 aliphatic rings. The number of anilines is 1. The quantitative estimate of drug-likeness (QED) is 0.516. The lowest BCUT2D eigenvalue weighted by atomic mass is 10.1. The Kier molecular flexibility index (Phi) is 5.34. The Balaban J connectivity index is 1.51. The Morgan fingerprint density at radius 3 is 2.84 bits per heavy atom. The molecule has 0 aliphatic carbocycles. The van der Waals surface area contributed by atoms with Gasteiger partial charge in [-0.1, -0.05) is 12.1 Å². The van der Waals surface area contributed by atoms with Crippen LogP contribution in [0.15, 0.2) is 48.8 Å². The molecule has 2 atom stereocenters. The Morgan fingerprint density at radius 1 is 1.22 bits per heavy atom. The number of rotatable bonds is 4. The molecule has 0 saturated carbocycles. The van der Waals surface area contributed by atoms with Crippen LogP contribution in [0, 0.1) is 6.92 Å². The number of fused-ring (bicyclic) bond motifs is 1. The molecule has 4 heterocycles. The number of nitrogens with one attached hydrogen (secondary N) is 1. The molecule has 2 unspecified atom stereocenters. The molecule has 0 bridgehead atoms. The lowest BCUT2D eigenvalue weighted by Gasteiger charge is -2.25. The average molecular weight is 449 g/mol. The summed E-state index contributed by atoms with van der Waals surface area (Å²) in [6.07, 6.45) is 5.40. The summed E-state index contributed by atoms with van der Waals surface area (Å²) >= 11 is 0. The predicted octanol–water partition coefficient (Wildman–Crippen LogP) is 3.48. The van der Waals surface area contributed by atoms with Crippen LogP contribution in [0.25, 0.3) is 22.3 Å². The summed E-state index contributed by atoms with van der Waals surface area (Å²) in [5.41, 5.74) is 4.53. The second kappa shape index (κ2) is 8.31. The number of para-hydroxylation sites is 2. The number of hydrogen-bond acceptors (Lipinski definition) is 5. The van der Waals surface area contributed by atoms with Gasteiger partial charge in [0.05, 0.1) is 22.9 Å². The van der Waals surface area contributed by atoms with Crippen LogP contribution < -0.4 is 5.32 Å². The van der Waals surface area contributed by atoms with Gasteiger partial charge in [0.15, 0.2) is 0 Å². The summed E-state index contributed by atoms with van der Waals surface area (Å²) in [6.45, 7) is 1.86. The normalized spacial score (nSPS) is 18.7. The van der Waals surface area contributed by atoms with E-state index in [1.165, 1.54) is 0 Å². The highest BCUT2D eigenvalue weighted by atomic mass is 32.2. The van der Waals surface area contributed by atoms with Gasteiger partial charge in [-0.15, -0.1) is 0 Å². The van der Waals surface area contributed by atoms with E-state index < -0.39 is 10.8 Å². The molecular weight excluding hydrogens is 424 g/mol. The standard InChI is InChI=1S/C23H24N6O2S/c1-15-10-16(11-20(25-15)17-12-24-28(2)13-17)22(30)27-23-26-19-7-3-4-8-21(19)29(23)18-6-5-9-32(31)14-18/h3-4,7-8,10-13,18H,5-6,9,14H2,1-2H3,(H,26,27,30). The summed E-state index contributed by atoms with van der Waals surface area (Å²) in [7, 11) is 0.985. The molecule has 4 aromatic rings. The summed E-state index contributed by atoms with van der Waals surface area (Å²) in [6, 6.07) is 11.4. The molecular formula is C23H24N6O2S. The largest absolute Gasteiger partial charge is 0.306 e. The third kappa shape index (κ3) is 3.95. The lowest BCUT2D eigenvalue weighted by Crippen LogP contribution is -2.26. The van der Waals surface area contributed by atoms with Crippen molar-refractivity contribution >= 4 is 33.7 Å². The lowest BCUT2D eigenvalue weighted by molar-refractivity contribution is 0.102. The summed E-state index contributed by atoms with van der Waals surface area (Å²) < 4.78 is 16.0. The first kappa shape index (κ1) is 20.6. The number of benzene rings is 1. The van der Waals surface area contributed by atoms with Crippen LogP contribution in [0.3, 0.4) is 0 Å². The van der Waals surface area contributed by atoms with Crippen LogP contribution in [-0.4, -0.2) is 45.9 Å². The fourth-order valence-corrected chi connectivity index (χ4v) is 5.64. The van der Waals surface area contributed by atoms with Gasteiger partial charge in [-0.3, -0.25) is 24.0 Å². The van der Waals surface area contributed by atoms with E-state index in [9.17, 15) is 9.00 Å². The maximum atomic E-state index is 13.3. The molecule has 1 aromatic carbocycles. The van der Waals surface area contributed by atoms with Crippen molar-refractivity contribution in [1.82, 2.24) is 24.3 Å². The maximum Gasteiger partial charge on any atom is 0.258 e. The molecule has 1 N–H and O–H groups in total. The Hall–Kier alpha value is -3.33. The van der Waals surface area contributed by atoms with Crippen molar-refractivity contribution in [3.05, 3.63) is 60.0 Å². The van der Waals surface area contributed by atoms with Gasteiger partial charge in [-0.2, -0.15) is 5.10 Å². The Morgan fingerprint density at radius 2 is 2.06 bits per heavy atom. The molecule has 0 spiro atoms. The van der Waals surface area contributed by atoms with Crippen LogP contribution in [0.2, 0.25) is 0 Å². The number of hydrogen-bond donors (Lipinski definition) is 1. The first-order valence-corrected chi connectivity index (χ1v) is 12.1. The van der Waals surface area contributed by atoms with Crippen molar-refractivity contribution in [2.24, 2.45) is 7.05 Å². The van der Waals surface area contributed by atoms with Crippen LogP contribution in [0.4, 0.5) is 5.95 Å². The topological polar surface area (TPSA) is 94.7 Å². The van der Waals surface area contributed by atoms with Gasteiger partial charge in [0, 0.05) is 58.4 Å². The van der Waals surface area contributed by atoms with Crippen molar-refractivity contribution in [3.8, 4) is 11.3 Å². The fraction of sp³-hybridized carbons (Fsp3) is 0.304. The van der Waals surface area contributed by atoms with E-state index in [4.69, 9.17) is 0 Å². The zero-order valence-electron chi connectivity index (χ0n) is 18.0. The second-order valence-electron chi connectivity index (χ2n) is 8.14. The highest BCUT2D eigenvalue weighted by Gasteiger charge is 2.25. The third-order valence-corrected chi connectivity index (χ3v) is 7.19. The summed E-state index contributed by atoms with van der Waals surface area (Å²) in [4.78, 5) is 22.5. The molecule has 9 heteroatoms. The number of carbonyl (C=O) groups is 1. The Labute approximate surface area is 188 Å². The molecule has 32 heavy (non-hydrogen) atoms. The molecule has 0 radical (unpaired) electrons. The minimum atomic E-state index is -0.858. The molecule has 1 aliphatic heterocycles. The molecule has 1 amide bonds. The smallest absolute Gasteiger partial charge is 0.258 e. The highest BCUT2D eigenvalue weighted by Crippen LogP contribution is 2.30. The molecule has 164 valence electrons. The first-order chi connectivity index (χ1) is 15.5. The van der Waals surface area contributed by atoms with Crippen molar-refractivity contribution in [3.63, 3.8) is 0 Å². The van der Waals surface area contributed by atoms with Crippen LogP contribution >= 0.6 is 0 Å². The van der Waals surface area contributed by atoms with Gasteiger partial charge < -0.3 is 4.57 Å². The molecule has 8 nitrogen and oxygen atoms in total. The zero-order valence-corrected chi connectivity index (χ0v) is 18.8. The van der Waals surface area contributed by atoms with Gasteiger partial charge in [0.25, 0.3) is 5.91 Å².